The molecule has 0 aliphatic carbocycles. The van der Waals surface area contributed by atoms with Crippen LogP contribution in [0.3, 0.4) is 0 Å². The third-order valence-electron chi connectivity index (χ3n) is 1.77. The minimum atomic E-state index is 0.726. The Kier molecular flexibility index (Phi) is 3.73. The second kappa shape index (κ2) is 4.87. The van der Waals surface area contributed by atoms with Gasteiger partial charge in [-0.05, 0) is 19.4 Å². The fraction of sp³-hybridized carbons (Fsp3) is 0.750. The van der Waals surface area contributed by atoms with Crippen LogP contribution < -0.4 is 5.73 Å². The van der Waals surface area contributed by atoms with Gasteiger partial charge in [0, 0.05) is 13.0 Å². The van der Waals surface area contributed by atoms with Crippen molar-refractivity contribution < 1.29 is 0 Å². The van der Waals surface area contributed by atoms with Crippen LogP contribution in [0.4, 0.5) is 0 Å². The molecule has 0 aliphatic rings. The van der Waals surface area contributed by atoms with E-state index in [1.165, 1.54) is 0 Å². The monoisotopic (exact) mass is 168 g/mol. The molecule has 0 atom stereocenters. The molecule has 1 aromatic heterocycles. The highest BCUT2D eigenvalue weighted by atomic mass is 15.3. The third-order valence-corrected chi connectivity index (χ3v) is 1.77. The van der Waals surface area contributed by atoms with Crippen LogP contribution in [-0.2, 0) is 13.0 Å². The van der Waals surface area contributed by atoms with Crippen LogP contribution in [0.1, 0.15) is 25.6 Å². The van der Waals surface area contributed by atoms with Gasteiger partial charge in [0.1, 0.15) is 12.2 Å². The zero-order valence-corrected chi connectivity index (χ0v) is 7.53. The van der Waals surface area contributed by atoms with Gasteiger partial charge in [-0.2, -0.15) is 0 Å². The number of hydrogen-bond donors (Lipinski definition) is 1. The third kappa shape index (κ3) is 2.30. The number of rotatable bonds is 5. The Labute approximate surface area is 72.8 Å². The molecule has 0 amide bonds. The molecule has 1 rings (SSSR count). The predicted octanol–water partition coefficient (Wildman–Crippen LogP) is 0.579. The zero-order chi connectivity index (χ0) is 8.81. The molecular weight excluding hydrogens is 152 g/mol. The first-order chi connectivity index (χ1) is 5.88. The topological polar surface area (TPSA) is 56.7 Å². The van der Waals surface area contributed by atoms with E-state index < -0.39 is 0 Å². The summed E-state index contributed by atoms with van der Waals surface area (Å²) in [6.07, 6.45) is 4.89. The molecule has 0 spiro atoms. The second-order valence-corrected chi connectivity index (χ2v) is 2.83. The smallest absolute Gasteiger partial charge is 0.132 e. The molecule has 0 saturated heterocycles. The summed E-state index contributed by atoms with van der Waals surface area (Å²) < 4.78 is 2.08. The van der Waals surface area contributed by atoms with Crippen molar-refractivity contribution in [3.05, 3.63) is 12.2 Å². The fourth-order valence-corrected chi connectivity index (χ4v) is 1.14. The van der Waals surface area contributed by atoms with E-state index in [1.807, 2.05) is 0 Å². The van der Waals surface area contributed by atoms with E-state index in [2.05, 4.69) is 21.7 Å². The zero-order valence-electron chi connectivity index (χ0n) is 7.53. The van der Waals surface area contributed by atoms with Crippen molar-refractivity contribution in [1.82, 2.24) is 14.8 Å². The Morgan fingerprint density at radius 3 is 3.08 bits per heavy atom. The quantitative estimate of drug-likeness (QED) is 0.699. The highest BCUT2D eigenvalue weighted by molar-refractivity contribution is 4.85. The van der Waals surface area contributed by atoms with Crippen LogP contribution in [0.5, 0.6) is 0 Å². The van der Waals surface area contributed by atoms with Crippen LogP contribution in [-0.4, -0.2) is 21.3 Å². The maximum Gasteiger partial charge on any atom is 0.132 e. The second-order valence-electron chi connectivity index (χ2n) is 2.83. The molecule has 0 fully saturated rings. The maximum atomic E-state index is 5.41. The summed E-state index contributed by atoms with van der Waals surface area (Å²) in [7, 11) is 0. The normalized spacial score (nSPS) is 10.5. The molecule has 2 N–H and O–H groups in total. The van der Waals surface area contributed by atoms with E-state index in [-0.39, 0.29) is 0 Å². The minimum Gasteiger partial charge on any atom is -0.330 e. The largest absolute Gasteiger partial charge is 0.330 e. The standard InChI is InChI=1S/C8H16N4/c1-2-4-8-11-10-7-12(8)6-3-5-9/h7H,2-6,9H2,1H3. The maximum absolute atomic E-state index is 5.41. The van der Waals surface area contributed by atoms with Crippen molar-refractivity contribution in [3.8, 4) is 0 Å². The molecule has 0 radical (unpaired) electrons. The Morgan fingerprint density at radius 1 is 1.58 bits per heavy atom. The van der Waals surface area contributed by atoms with Gasteiger partial charge in [-0.15, -0.1) is 10.2 Å². The number of hydrogen-bond acceptors (Lipinski definition) is 3. The minimum absolute atomic E-state index is 0.726. The van der Waals surface area contributed by atoms with Crippen LogP contribution >= 0.6 is 0 Å². The van der Waals surface area contributed by atoms with Crippen molar-refractivity contribution >= 4 is 0 Å². The van der Waals surface area contributed by atoms with Crippen molar-refractivity contribution in [2.24, 2.45) is 5.73 Å². The van der Waals surface area contributed by atoms with Crippen molar-refractivity contribution in [3.63, 3.8) is 0 Å². The number of aromatic nitrogens is 3. The van der Waals surface area contributed by atoms with Gasteiger partial charge in [0.15, 0.2) is 0 Å². The summed E-state index contributed by atoms with van der Waals surface area (Å²) in [6, 6.07) is 0. The predicted molar refractivity (Wildman–Crippen MR) is 47.7 cm³/mol. The summed E-state index contributed by atoms with van der Waals surface area (Å²) >= 11 is 0. The average Bonchev–Trinajstić information content (AvgIpc) is 2.50. The van der Waals surface area contributed by atoms with Gasteiger partial charge >= 0.3 is 0 Å². The van der Waals surface area contributed by atoms with Gasteiger partial charge in [0.25, 0.3) is 0 Å². The molecular formula is C8H16N4. The highest BCUT2D eigenvalue weighted by Gasteiger charge is 2.00. The summed E-state index contributed by atoms with van der Waals surface area (Å²) in [5.74, 6) is 1.07. The van der Waals surface area contributed by atoms with Gasteiger partial charge in [0.2, 0.25) is 0 Å². The lowest BCUT2D eigenvalue weighted by Gasteiger charge is -2.03. The molecule has 0 aromatic carbocycles. The van der Waals surface area contributed by atoms with Gasteiger partial charge in [-0.1, -0.05) is 6.92 Å². The molecule has 4 nitrogen and oxygen atoms in total. The molecule has 12 heavy (non-hydrogen) atoms. The number of nitrogens with two attached hydrogens (primary N) is 1. The summed E-state index contributed by atoms with van der Waals surface area (Å²) in [5, 5.41) is 7.90. The average molecular weight is 168 g/mol. The molecule has 4 heteroatoms. The molecule has 68 valence electrons. The number of aryl methyl sites for hydroxylation is 2. The molecule has 0 saturated carbocycles. The van der Waals surface area contributed by atoms with E-state index >= 15 is 0 Å². The van der Waals surface area contributed by atoms with Crippen molar-refractivity contribution in [2.75, 3.05) is 6.54 Å². The molecule has 0 bridgehead atoms. The van der Waals surface area contributed by atoms with Gasteiger partial charge in [-0.3, -0.25) is 0 Å². The first-order valence-corrected chi connectivity index (χ1v) is 4.45. The lowest BCUT2D eigenvalue weighted by Crippen LogP contribution is -2.07. The van der Waals surface area contributed by atoms with Crippen LogP contribution in [0.2, 0.25) is 0 Å². The van der Waals surface area contributed by atoms with Crippen molar-refractivity contribution in [2.45, 2.75) is 32.7 Å². The molecule has 0 aliphatic heterocycles. The Hall–Kier alpha value is -0.900. The summed E-state index contributed by atoms with van der Waals surface area (Å²) in [6.45, 7) is 3.81. The fourth-order valence-electron chi connectivity index (χ4n) is 1.14. The lowest BCUT2D eigenvalue weighted by molar-refractivity contribution is 0.611. The van der Waals surface area contributed by atoms with Crippen LogP contribution in [0.15, 0.2) is 6.33 Å². The summed E-state index contributed by atoms with van der Waals surface area (Å²) in [4.78, 5) is 0. The molecule has 1 aromatic rings. The Bertz CT molecular complexity index is 219. The van der Waals surface area contributed by atoms with E-state index in [0.717, 1.165) is 38.2 Å². The Balaban J connectivity index is 2.51. The number of nitrogens with zero attached hydrogens (tertiary/aromatic N) is 3. The van der Waals surface area contributed by atoms with E-state index in [1.54, 1.807) is 6.33 Å². The van der Waals surface area contributed by atoms with E-state index in [0.29, 0.717) is 0 Å². The first kappa shape index (κ1) is 9.19. The van der Waals surface area contributed by atoms with Gasteiger partial charge in [-0.25, -0.2) is 0 Å². The van der Waals surface area contributed by atoms with Crippen LogP contribution in [0, 0.1) is 0 Å². The van der Waals surface area contributed by atoms with Gasteiger partial charge in [0.05, 0.1) is 0 Å². The first-order valence-electron chi connectivity index (χ1n) is 4.45. The molecule has 0 unspecified atom stereocenters. The van der Waals surface area contributed by atoms with Crippen molar-refractivity contribution in [1.29, 1.82) is 0 Å². The highest BCUT2D eigenvalue weighted by Crippen LogP contribution is 1.99. The van der Waals surface area contributed by atoms with E-state index in [4.69, 9.17) is 5.73 Å². The van der Waals surface area contributed by atoms with Crippen LogP contribution in [0.25, 0.3) is 0 Å². The SMILES string of the molecule is CCCc1nncn1CCCN. The lowest BCUT2D eigenvalue weighted by atomic mass is 10.3. The Morgan fingerprint density at radius 2 is 2.42 bits per heavy atom. The molecule has 1 heterocycles. The van der Waals surface area contributed by atoms with Gasteiger partial charge < -0.3 is 10.3 Å². The summed E-state index contributed by atoms with van der Waals surface area (Å²) in [5.41, 5.74) is 5.41. The van der Waals surface area contributed by atoms with E-state index in [9.17, 15) is 0 Å².